The molecule has 1 aromatic carbocycles. The molecule has 0 spiro atoms. The van der Waals surface area contributed by atoms with Crippen LogP contribution in [0, 0.1) is 10.1 Å². The number of rotatable bonds is 2. The molecule has 2 rings (SSSR count). The quantitative estimate of drug-likeness (QED) is 0.273. The van der Waals surface area contributed by atoms with Gasteiger partial charge in [-0.25, -0.2) is 0 Å². The summed E-state index contributed by atoms with van der Waals surface area (Å²) < 4.78 is 0.585. The third-order valence-corrected chi connectivity index (χ3v) is 3.13. The van der Waals surface area contributed by atoms with E-state index in [0.29, 0.717) is 4.47 Å². The maximum absolute atomic E-state index is 11.7. The number of nitrogens with zero attached hydrogens (tertiary/aromatic N) is 1. The third kappa shape index (κ3) is 2.89. The second-order valence-electron chi connectivity index (χ2n) is 3.76. The zero-order valence-electron chi connectivity index (χ0n) is 9.68. The third-order valence-electron chi connectivity index (χ3n) is 2.43. The van der Waals surface area contributed by atoms with Gasteiger partial charge in [0, 0.05) is 10.5 Å². The Morgan fingerprint density at radius 1 is 1.25 bits per heavy atom. The van der Waals surface area contributed by atoms with E-state index in [2.05, 4.69) is 38.8 Å². The number of nitrogens with one attached hydrogen (secondary N) is 2. The van der Waals surface area contributed by atoms with Crippen LogP contribution in [0.2, 0.25) is 0 Å². The molecule has 1 fully saturated rings. The van der Waals surface area contributed by atoms with Gasteiger partial charge in [-0.15, -0.1) is 0 Å². The predicted octanol–water partition coefficient (Wildman–Crippen LogP) is 1.27. The van der Waals surface area contributed by atoms with Crippen molar-refractivity contribution in [3.63, 3.8) is 0 Å². The van der Waals surface area contributed by atoms with Crippen molar-refractivity contribution in [1.82, 2.24) is 10.6 Å². The fourth-order valence-electron chi connectivity index (χ4n) is 1.57. The molecule has 0 saturated carbocycles. The summed E-state index contributed by atoms with van der Waals surface area (Å²) in [7, 11) is 0. The van der Waals surface area contributed by atoms with E-state index >= 15 is 0 Å². The van der Waals surface area contributed by atoms with E-state index in [1.54, 1.807) is 0 Å². The number of nitro benzene ring substituents is 1. The zero-order chi connectivity index (χ0) is 14.9. The standard InChI is InChI=1S/C11H6BrN3O4S/c12-6-1-2-8(15(18)19)5(3-6)4-7-9(16)13-11(20)14-10(7)17/h1-4H,(H2,13,14,16,17,20). The molecule has 0 bridgehead atoms. The minimum atomic E-state index is -0.701. The second-order valence-corrected chi connectivity index (χ2v) is 5.08. The first-order chi connectivity index (χ1) is 9.38. The summed E-state index contributed by atoms with van der Waals surface area (Å²) in [6.07, 6.45) is 1.15. The molecular weight excluding hydrogens is 350 g/mol. The molecule has 1 aromatic rings. The van der Waals surface area contributed by atoms with Gasteiger partial charge in [0.25, 0.3) is 17.5 Å². The molecule has 9 heteroatoms. The SMILES string of the molecule is O=C1NC(=S)NC(=O)C1=Cc1cc(Br)ccc1[N+](=O)[O-]. The highest BCUT2D eigenvalue weighted by Crippen LogP contribution is 2.25. The summed E-state index contributed by atoms with van der Waals surface area (Å²) in [5.74, 6) is -1.40. The van der Waals surface area contributed by atoms with E-state index in [0.717, 1.165) is 6.08 Å². The summed E-state index contributed by atoms with van der Waals surface area (Å²) >= 11 is 7.83. The fourth-order valence-corrected chi connectivity index (χ4v) is 2.13. The highest BCUT2D eigenvalue weighted by Gasteiger charge is 2.27. The second kappa shape index (κ2) is 5.47. The van der Waals surface area contributed by atoms with Crippen LogP contribution < -0.4 is 10.6 Å². The number of carbonyl (C=O) groups is 2. The van der Waals surface area contributed by atoms with Crippen molar-refractivity contribution in [2.45, 2.75) is 0 Å². The Morgan fingerprint density at radius 2 is 1.85 bits per heavy atom. The van der Waals surface area contributed by atoms with Crippen LogP contribution in [0.25, 0.3) is 6.08 Å². The maximum Gasteiger partial charge on any atom is 0.276 e. The molecule has 102 valence electrons. The molecule has 1 heterocycles. The first-order valence-electron chi connectivity index (χ1n) is 5.21. The molecule has 1 aliphatic rings. The average molecular weight is 356 g/mol. The fraction of sp³-hybridized carbons (Fsp3) is 0. The molecule has 0 atom stereocenters. The Labute approximate surface area is 126 Å². The van der Waals surface area contributed by atoms with Gasteiger partial charge in [0.1, 0.15) is 5.57 Å². The van der Waals surface area contributed by atoms with Crippen molar-refractivity contribution in [2.24, 2.45) is 0 Å². The Morgan fingerprint density at radius 3 is 2.40 bits per heavy atom. The lowest BCUT2D eigenvalue weighted by Gasteiger charge is -2.16. The monoisotopic (exact) mass is 355 g/mol. The summed E-state index contributed by atoms with van der Waals surface area (Å²) in [6, 6.07) is 4.22. The minimum Gasteiger partial charge on any atom is -0.299 e. The number of benzene rings is 1. The van der Waals surface area contributed by atoms with Crippen LogP contribution in [0.15, 0.2) is 28.2 Å². The summed E-state index contributed by atoms with van der Waals surface area (Å²) in [4.78, 5) is 33.7. The van der Waals surface area contributed by atoms with E-state index in [9.17, 15) is 19.7 Å². The molecular formula is C11H6BrN3O4S. The molecule has 1 saturated heterocycles. The molecule has 20 heavy (non-hydrogen) atoms. The Kier molecular flexibility index (Phi) is 3.91. The molecule has 2 N–H and O–H groups in total. The van der Waals surface area contributed by atoms with Crippen LogP contribution in [0.1, 0.15) is 5.56 Å². The van der Waals surface area contributed by atoms with E-state index in [1.165, 1.54) is 18.2 Å². The number of thiocarbonyl (C=S) groups is 1. The minimum absolute atomic E-state index is 0.0964. The van der Waals surface area contributed by atoms with E-state index < -0.39 is 16.7 Å². The molecule has 2 amide bonds. The van der Waals surface area contributed by atoms with Crippen molar-refractivity contribution in [3.8, 4) is 0 Å². The first-order valence-corrected chi connectivity index (χ1v) is 6.41. The average Bonchev–Trinajstić information content (AvgIpc) is 2.33. The van der Waals surface area contributed by atoms with Crippen LogP contribution in [0.4, 0.5) is 5.69 Å². The number of hydrogen-bond acceptors (Lipinski definition) is 5. The van der Waals surface area contributed by atoms with Gasteiger partial charge in [0.05, 0.1) is 10.5 Å². The zero-order valence-corrected chi connectivity index (χ0v) is 12.1. The smallest absolute Gasteiger partial charge is 0.276 e. The number of nitro groups is 1. The van der Waals surface area contributed by atoms with Gasteiger partial charge >= 0.3 is 0 Å². The van der Waals surface area contributed by atoms with E-state index in [-0.39, 0.29) is 21.9 Å². The molecule has 0 radical (unpaired) electrons. The van der Waals surface area contributed by atoms with Crippen molar-refractivity contribution in [2.75, 3.05) is 0 Å². The number of amides is 2. The topological polar surface area (TPSA) is 101 Å². The van der Waals surface area contributed by atoms with Gasteiger partial charge in [-0.2, -0.15) is 0 Å². The summed E-state index contributed by atoms with van der Waals surface area (Å²) in [5.41, 5.74) is -0.327. The summed E-state index contributed by atoms with van der Waals surface area (Å²) in [6.45, 7) is 0. The van der Waals surface area contributed by atoms with Gasteiger partial charge < -0.3 is 0 Å². The van der Waals surface area contributed by atoms with Gasteiger partial charge in [-0.1, -0.05) is 15.9 Å². The molecule has 0 aliphatic carbocycles. The normalized spacial score (nSPS) is 14.7. The molecule has 0 unspecified atom stereocenters. The van der Waals surface area contributed by atoms with Crippen LogP contribution >= 0.6 is 28.1 Å². The Hall–Kier alpha value is -2.13. The van der Waals surface area contributed by atoms with Crippen molar-refractivity contribution < 1.29 is 14.5 Å². The Bertz CT molecular complexity index is 664. The van der Waals surface area contributed by atoms with Crippen molar-refractivity contribution >= 4 is 56.8 Å². The molecule has 1 aliphatic heterocycles. The van der Waals surface area contributed by atoms with E-state index in [4.69, 9.17) is 0 Å². The lowest BCUT2D eigenvalue weighted by molar-refractivity contribution is -0.385. The lowest BCUT2D eigenvalue weighted by atomic mass is 10.1. The number of halogens is 1. The van der Waals surface area contributed by atoms with E-state index in [1.807, 2.05) is 0 Å². The summed E-state index contributed by atoms with van der Waals surface area (Å²) in [5, 5.41) is 15.3. The van der Waals surface area contributed by atoms with Gasteiger partial charge in [-0.05, 0) is 30.4 Å². The largest absolute Gasteiger partial charge is 0.299 e. The van der Waals surface area contributed by atoms with Gasteiger partial charge in [0.2, 0.25) is 0 Å². The van der Waals surface area contributed by atoms with Crippen molar-refractivity contribution in [3.05, 3.63) is 43.9 Å². The van der Waals surface area contributed by atoms with Crippen molar-refractivity contribution in [1.29, 1.82) is 0 Å². The number of hydrogen-bond donors (Lipinski definition) is 2. The van der Waals surface area contributed by atoms with Gasteiger partial charge in [-0.3, -0.25) is 30.3 Å². The molecule has 7 nitrogen and oxygen atoms in total. The maximum atomic E-state index is 11.7. The Balaban J connectivity index is 2.52. The first kappa shape index (κ1) is 14.3. The van der Waals surface area contributed by atoms with Crippen LogP contribution in [-0.4, -0.2) is 21.9 Å². The lowest BCUT2D eigenvalue weighted by Crippen LogP contribution is -2.51. The highest BCUT2D eigenvalue weighted by molar-refractivity contribution is 9.10. The molecule has 0 aromatic heterocycles. The predicted molar refractivity (Wildman–Crippen MR) is 77.7 cm³/mol. The van der Waals surface area contributed by atoms with Crippen LogP contribution in [0.5, 0.6) is 0 Å². The van der Waals surface area contributed by atoms with Crippen LogP contribution in [-0.2, 0) is 9.59 Å². The van der Waals surface area contributed by atoms with Crippen LogP contribution in [0.3, 0.4) is 0 Å². The highest BCUT2D eigenvalue weighted by atomic mass is 79.9. The number of carbonyl (C=O) groups excluding carboxylic acids is 2. The van der Waals surface area contributed by atoms with Gasteiger partial charge in [0.15, 0.2) is 5.11 Å².